The predicted molar refractivity (Wildman–Crippen MR) is 88.8 cm³/mol. The Kier molecular flexibility index (Phi) is 3.59. The summed E-state index contributed by atoms with van der Waals surface area (Å²) in [6.45, 7) is 2.86. The molecule has 3 heterocycles. The van der Waals surface area contributed by atoms with Crippen LogP contribution < -0.4 is 9.80 Å². The molecule has 0 N–H and O–H groups in total. The first kappa shape index (κ1) is 14.9. The molecule has 6 nitrogen and oxygen atoms in total. The Morgan fingerprint density at radius 3 is 2.96 bits per heavy atom. The van der Waals surface area contributed by atoms with E-state index in [9.17, 15) is 9.59 Å². The van der Waals surface area contributed by atoms with Crippen LogP contribution in [0.2, 0.25) is 0 Å². The lowest BCUT2D eigenvalue weighted by Gasteiger charge is -2.31. The molecule has 4 rings (SSSR count). The highest BCUT2D eigenvalue weighted by Crippen LogP contribution is 2.31. The van der Waals surface area contributed by atoms with Crippen molar-refractivity contribution in [2.75, 3.05) is 22.9 Å². The highest BCUT2D eigenvalue weighted by molar-refractivity contribution is 6.04. The van der Waals surface area contributed by atoms with E-state index in [1.54, 1.807) is 17.9 Å². The van der Waals surface area contributed by atoms with Crippen molar-refractivity contribution in [2.24, 2.45) is 5.92 Å². The Hall–Kier alpha value is -2.63. The minimum absolute atomic E-state index is 0.0261. The van der Waals surface area contributed by atoms with Crippen molar-refractivity contribution in [1.82, 2.24) is 5.16 Å². The molecule has 0 aliphatic carbocycles. The number of fused-ring (bicyclic) bond motifs is 1. The summed E-state index contributed by atoms with van der Waals surface area (Å²) in [4.78, 5) is 28.7. The number of para-hydroxylation sites is 1. The molecule has 1 atom stereocenters. The van der Waals surface area contributed by atoms with Crippen LogP contribution in [0.3, 0.4) is 0 Å². The van der Waals surface area contributed by atoms with Gasteiger partial charge in [0.15, 0.2) is 5.82 Å². The van der Waals surface area contributed by atoms with Gasteiger partial charge in [0, 0.05) is 31.3 Å². The van der Waals surface area contributed by atoms with Crippen LogP contribution in [0, 0.1) is 12.8 Å². The summed E-state index contributed by atoms with van der Waals surface area (Å²) in [5.41, 5.74) is 2.18. The predicted octanol–water partition coefficient (Wildman–Crippen LogP) is 2.32. The smallest absolute Gasteiger partial charge is 0.232 e. The Morgan fingerprint density at radius 2 is 2.17 bits per heavy atom. The Morgan fingerprint density at radius 1 is 1.33 bits per heavy atom. The van der Waals surface area contributed by atoms with Crippen molar-refractivity contribution in [1.29, 1.82) is 0 Å². The van der Waals surface area contributed by atoms with E-state index in [1.807, 2.05) is 23.1 Å². The summed E-state index contributed by atoms with van der Waals surface area (Å²) in [6.07, 6.45) is 2.17. The number of benzene rings is 1. The van der Waals surface area contributed by atoms with E-state index in [2.05, 4.69) is 11.2 Å². The first-order chi connectivity index (χ1) is 11.6. The van der Waals surface area contributed by atoms with Crippen LogP contribution in [-0.4, -0.2) is 30.1 Å². The quantitative estimate of drug-likeness (QED) is 0.850. The Labute approximate surface area is 140 Å². The molecule has 1 unspecified atom stereocenters. The van der Waals surface area contributed by atoms with Gasteiger partial charge in [-0.25, -0.2) is 0 Å². The van der Waals surface area contributed by atoms with E-state index in [0.29, 0.717) is 24.7 Å². The van der Waals surface area contributed by atoms with E-state index in [-0.39, 0.29) is 24.2 Å². The first-order valence-electron chi connectivity index (χ1n) is 8.26. The van der Waals surface area contributed by atoms with Gasteiger partial charge >= 0.3 is 0 Å². The molecule has 2 aliphatic heterocycles. The molecule has 2 amide bonds. The third-order valence-electron chi connectivity index (χ3n) is 4.74. The molecule has 1 saturated heterocycles. The zero-order chi connectivity index (χ0) is 16.7. The minimum atomic E-state index is -0.333. The summed E-state index contributed by atoms with van der Waals surface area (Å²) in [6, 6.07) is 9.73. The fraction of sp³-hybridized carbons (Fsp3) is 0.389. The summed E-state index contributed by atoms with van der Waals surface area (Å²) < 4.78 is 5.04. The van der Waals surface area contributed by atoms with Crippen molar-refractivity contribution in [3.05, 3.63) is 41.7 Å². The molecule has 0 spiro atoms. The normalized spacial score (nSPS) is 20.4. The molecular formula is C18H19N3O3. The molecular weight excluding hydrogens is 306 g/mol. The van der Waals surface area contributed by atoms with Crippen LogP contribution in [-0.2, 0) is 16.0 Å². The molecule has 1 fully saturated rings. The summed E-state index contributed by atoms with van der Waals surface area (Å²) in [7, 11) is 0. The van der Waals surface area contributed by atoms with Crippen LogP contribution >= 0.6 is 0 Å². The lowest BCUT2D eigenvalue weighted by atomic mass is 9.99. The Balaban J connectivity index is 1.55. The standard InChI is InChI=1S/C18H19N3O3/c1-12-9-16(19-24-12)21-11-14(10-17(21)22)18(23)20-8-4-6-13-5-2-3-7-15(13)20/h2-3,5,7,9,14H,4,6,8,10-11H2,1H3. The zero-order valence-corrected chi connectivity index (χ0v) is 13.6. The molecule has 0 radical (unpaired) electrons. The lowest BCUT2D eigenvalue weighted by Crippen LogP contribution is -2.40. The summed E-state index contributed by atoms with van der Waals surface area (Å²) >= 11 is 0. The van der Waals surface area contributed by atoms with E-state index in [0.717, 1.165) is 18.5 Å². The number of nitrogens with zero attached hydrogens (tertiary/aromatic N) is 3. The van der Waals surface area contributed by atoms with Crippen LogP contribution in [0.1, 0.15) is 24.2 Å². The van der Waals surface area contributed by atoms with Crippen molar-refractivity contribution in [2.45, 2.75) is 26.2 Å². The van der Waals surface area contributed by atoms with E-state index >= 15 is 0 Å². The van der Waals surface area contributed by atoms with Gasteiger partial charge in [-0.3, -0.25) is 14.5 Å². The number of aryl methyl sites for hydroxylation is 2. The molecule has 1 aromatic heterocycles. The molecule has 6 heteroatoms. The van der Waals surface area contributed by atoms with Crippen LogP contribution in [0.5, 0.6) is 0 Å². The van der Waals surface area contributed by atoms with Gasteiger partial charge in [0.1, 0.15) is 5.76 Å². The second-order valence-electron chi connectivity index (χ2n) is 6.42. The number of carbonyl (C=O) groups excluding carboxylic acids is 2. The largest absolute Gasteiger partial charge is 0.360 e. The minimum Gasteiger partial charge on any atom is -0.360 e. The van der Waals surface area contributed by atoms with Gasteiger partial charge in [0.2, 0.25) is 11.8 Å². The third kappa shape index (κ3) is 2.48. The molecule has 0 saturated carbocycles. The topological polar surface area (TPSA) is 66.7 Å². The number of hydrogen-bond acceptors (Lipinski definition) is 4. The van der Waals surface area contributed by atoms with E-state index in [4.69, 9.17) is 4.52 Å². The maximum absolute atomic E-state index is 13.0. The molecule has 124 valence electrons. The van der Waals surface area contributed by atoms with Gasteiger partial charge < -0.3 is 9.42 Å². The number of rotatable bonds is 2. The van der Waals surface area contributed by atoms with Crippen molar-refractivity contribution in [3.63, 3.8) is 0 Å². The van der Waals surface area contributed by atoms with Gasteiger partial charge in [0.05, 0.1) is 5.92 Å². The molecule has 2 aliphatic rings. The number of carbonyl (C=O) groups is 2. The van der Waals surface area contributed by atoms with Crippen molar-refractivity contribution in [3.8, 4) is 0 Å². The second kappa shape index (κ2) is 5.78. The van der Waals surface area contributed by atoms with Crippen LogP contribution in [0.25, 0.3) is 0 Å². The fourth-order valence-corrected chi connectivity index (χ4v) is 3.56. The van der Waals surface area contributed by atoms with Crippen LogP contribution in [0.4, 0.5) is 11.5 Å². The molecule has 1 aromatic carbocycles. The number of aromatic nitrogens is 1. The molecule has 24 heavy (non-hydrogen) atoms. The summed E-state index contributed by atoms with van der Waals surface area (Å²) in [5, 5.41) is 3.90. The fourth-order valence-electron chi connectivity index (χ4n) is 3.56. The Bertz CT molecular complexity index is 798. The molecule has 2 aromatic rings. The van der Waals surface area contributed by atoms with Crippen molar-refractivity contribution < 1.29 is 14.1 Å². The summed E-state index contributed by atoms with van der Waals surface area (Å²) in [5.74, 6) is 0.759. The van der Waals surface area contributed by atoms with Gasteiger partial charge in [0.25, 0.3) is 0 Å². The molecule has 0 bridgehead atoms. The zero-order valence-electron chi connectivity index (χ0n) is 13.6. The maximum Gasteiger partial charge on any atom is 0.232 e. The lowest BCUT2D eigenvalue weighted by molar-refractivity contribution is -0.124. The number of anilines is 2. The number of amides is 2. The first-order valence-corrected chi connectivity index (χ1v) is 8.26. The van der Waals surface area contributed by atoms with Gasteiger partial charge in [-0.2, -0.15) is 0 Å². The monoisotopic (exact) mass is 325 g/mol. The average molecular weight is 325 g/mol. The van der Waals surface area contributed by atoms with Gasteiger partial charge in [-0.05, 0) is 31.4 Å². The third-order valence-corrected chi connectivity index (χ3v) is 4.74. The maximum atomic E-state index is 13.0. The number of hydrogen-bond donors (Lipinski definition) is 0. The second-order valence-corrected chi connectivity index (χ2v) is 6.42. The van der Waals surface area contributed by atoms with Gasteiger partial charge in [-0.15, -0.1) is 0 Å². The SMILES string of the molecule is Cc1cc(N2CC(C(=O)N3CCCc4ccccc43)CC2=O)no1. The van der Waals surface area contributed by atoms with E-state index < -0.39 is 0 Å². The average Bonchev–Trinajstić information content (AvgIpc) is 3.19. The van der Waals surface area contributed by atoms with E-state index in [1.165, 1.54) is 5.56 Å². The van der Waals surface area contributed by atoms with Crippen LogP contribution in [0.15, 0.2) is 34.9 Å². The van der Waals surface area contributed by atoms with Crippen molar-refractivity contribution >= 4 is 23.3 Å². The van der Waals surface area contributed by atoms with Gasteiger partial charge in [-0.1, -0.05) is 23.4 Å². The highest BCUT2D eigenvalue weighted by Gasteiger charge is 2.39. The highest BCUT2D eigenvalue weighted by atomic mass is 16.5.